The van der Waals surface area contributed by atoms with Gasteiger partial charge >= 0.3 is 6.18 Å². The average Bonchev–Trinajstić information content (AvgIpc) is 3.07. The summed E-state index contributed by atoms with van der Waals surface area (Å²) in [7, 11) is 0. The van der Waals surface area contributed by atoms with Crippen molar-refractivity contribution in [3.63, 3.8) is 0 Å². The Balaban J connectivity index is 1.72. The number of hydrogen-bond acceptors (Lipinski definition) is 3. The van der Waals surface area contributed by atoms with E-state index in [9.17, 15) is 22.8 Å². The van der Waals surface area contributed by atoms with E-state index in [1.165, 1.54) is 6.07 Å². The predicted octanol–water partition coefficient (Wildman–Crippen LogP) is 4.48. The lowest BCUT2D eigenvalue weighted by atomic mass is 10.1. The molecule has 0 aliphatic carbocycles. The van der Waals surface area contributed by atoms with Gasteiger partial charge < -0.3 is 15.0 Å². The van der Waals surface area contributed by atoms with Crippen LogP contribution in [0.1, 0.15) is 30.9 Å². The van der Waals surface area contributed by atoms with E-state index in [0.717, 1.165) is 17.7 Å². The predicted molar refractivity (Wildman–Crippen MR) is 106 cm³/mol. The van der Waals surface area contributed by atoms with Crippen LogP contribution in [0.25, 0.3) is 0 Å². The Morgan fingerprint density at radius 3 is 2.60 bits per heavy atom. The zero-order chi connectivity index (χ0) is 21.7. The van der Waals surface area contributed by atoms with Crippen molar-refractivity contribution < 1.29 is 27.5 Å². The third-order valence-electron chi connectivity index (χ3n) is 4.83. The van der Waals surface area contributed by atoms with E-state index < -0.39 is 23.6 Å². The summed E-state index contributed by atoms with van der Waals surface area (Å²) in [4.78, 5) is 26.6. The maximum absolute atomic E-state index is 13.1. The Labute approximate surface area is 172 Å². The lowest BCUT2D eigenvalue weighted by Crippen LogP contribution is -2.28. The molecule has 2 aromatic rings. The molecule has 1 aliphatic heterocycles. The molecule has 0 radical (unpaired) electrons. The summed E-state index contributed by atoms with van der Waals surface area (Å²) >= 11 is 0. The van der Waals surface area contributed by atoms with Crippen LogP contribution in [0.2, 0.25) is 0 Å². The van der Waals surface area contributed by atoms with Gasteiger partial charge in [0.1, 0.15) is 5.75 Å². The number of amides is 2. The Bertz CT molecular complexity index is 900. The molecule has 0 bridgehead atoms. The molecule has 0 spiro atoms. The van der Waals surface area contributed by atoms with Crippen molar-refractivity contribution in [3.8, 4) is 5.75 Å². The normalized spacial score (nSPS) is 16.6. The fourth-order valence-electron chi connectivity index (χ4n) is 3.28. The van der Waals surface area contributed by atoms with Crippen LogP contribution in [0, 0.1) is 5.92 Å². The Kier molecular flexibility index (Phi) is 6.64. The van der Waals surface area contributed by atoms with Gasteiger partial charge in [0.25, 0.3) is 0 Å². The molecule has 1 saturated heterocycles. The highest BCUT2D eigenvalue weighted by atomic mass is 19.4. The third kappa shape index (κ3) is 5.31. The van der Waals surface area contributed by atoms with Gasteiger partial charge in [-0.15, -0.1) is 0 Å². The molecule has 160 valence electrons. The second kappa shape index (κ2) is 9.19. The SMILES string of the molecule is CCCOc1ccc(C(F)(F)F)cc1NC(=O)[C@H]1CC(=O)N(Cc2ccccc2)C1. The smallest absolute Gasteiger partial charge is 0.416 e. The number of carbonyl (C=O) groups excluding carboxylic acids is 2. The number of alkyl halides is 3. The number of nitrogens with one attached hydrogen (secondary N) is 1. The summed E-state index contributed by atoms with van der Waals surface area (Å²) in [6.45, 7) is 2.77. The van der Waals surface area contributed by atoms with Gasteiger partial charge in [0.15, 0.2) is 0 Å². The van der Waals surface area contributed by atoms with E-state index in [0.29, 0.717) is 19.6 Å². The molecule has 0 saturated carbocycles. The lowest BCUT2D eigenvalue weighted by molar-refractivity contribution is -0.137. The Morgan fingerprint density at radius 2 is 1.93 bits per heavy atom. The van der Waals surface area contributed by atoms with Crippen molar-refractivity contribution in [1.29, 1.82) is 0 Å². The summed E-state index contributed by atoms with van der Waals surface area (Å²) in [6, 6.07) is 12.4. The first-order valence-electron chi connectivity index (χ1n) is 9.74. The van der Waals surface area contributed by atoms with E-state index in [1.54, 1.807) is 4.90 Å². The zero-order valence-electron chi connectivity index (χ0n) is 16.5. The van der Waals surface area contributed by atoms with E-state index >= 15 is 0 Å². The van der Waals surface area contributed by atoms with Gasteiger partial charge in [0, 0.05) is 19.5 Å². The topological polar surface area (TPSA) is 58.6 Å². The molecule has 2 amide bonds. The van der Waals surface area contributed by atoms with Crippen molar-refractivity contribution in [3.05, 3.63) is 59.7 Å². The van der Waals surface area contributed by atoms with Crippen LogP contribution in [0.4, 0.5) is 18.9 Å². The Hall–Kier alpha value is -3.03. The number of nitrogens with zero attached hydrogens (tertiary/aromatic N) is 1. The minimum absolute atomic E-state index is 0.0166. The number of halogens is 3. The molecule has 3 rings (SSSR count). The zero-order valence-corrected chi connectivity index (χ0v) is 16.5. The van der Waals surface area contributed by atoms with Crippen molar-refractivity contribution in [1.82, 2.24) is 4.90 Å². The molecule has 1 heterocycles. The first kappa shape index (κ1) is 21.7. The molecule has 0 unspecified atom stereocenters. The standard InChI is InChI=1S/C22H23F3N2O3/c1-2-10-30-19-9-8-17(22(23,24)25)12-18(19)26-21(29)16-11-20(28)27(14-16)13-15-6-4-3-5-7-15/h3-9,12,16H,2,10-11,13-14H2,1H3,(H,26,29)/t16-/m0/s1. The van der Waals surface area contributed by atoms with E-state index in [2.05, 4.69) is 5.32 Å². The van der Waals surface area contributed by atoms with Crippen molar-refractivity contribution in [2.45, 2.75) is 32.5 Å². The first-order chi connectivity index (χ1) is 14.3. The number of ether oxygens (including phenoxy) is 1. The van der Waals surface area contributed by atoms with Gasteiger partial charge in [-0.3, -0.25) is 9.59 Å². The van der Waals surface area contributed by atoms with Crippen LogP contribution < -0.4 is 10.1 Å². The summed E-state index contributed by atoms with van der Waals surface area (Å²) in [5, 5.41) is 2.54. The molecule has 8 heteroatoms. The van der Waals surface area contributed by atoms with Gasteiger partial charge in [-0.05, 0) is 30.2 Å². The molecule has 5 nitrogen and oxygen atoms in total. The summed E-state index contributed by atoms with van der Waals surface area (Å²) < 4.78 is 44.8. The molecule has 1 atom stereocenters. The maximum Gasteiger partial charge on any atom is 0.416 e. The van der Waals surface area contributed by atoms with Crippen molar-refractivity contribution >= 4 is 17.5 Å². The van der Waals surface area contributed by atoms with Crippen molar-refractivity contribution in [2.75, 3.05) is 18.5 Å². The maximum atomic E-state index is 13.1. The van der Waals surface area contributed by atoms with Crippen molar-refractivity contribution in [2.24, 2.45) is 5.92 Å². The number of rotatable bonds is 7. The van der Waals surface area contributed by atoms with Gasteiger partial charge in [-0.1, -0.05) is 37.3 Å². The van der Waals surface area contributed by atoms with Crippen LogP contribution in [0.5, 0.6) is 5.75 Å². The highest BCUT2D eigenvalue weighted by molar-refractivity contribution is 5.98. The van der Waals surface area contributed by atoms with Crippen LogP contribution >= 0.6 is 0 Å². The van der Waals surface area contributed by atoms with Crippen LogP contribution in [-0.2, 0) is 22.3 Å². The van der Waals surface area contributed by atoms with Gasteiger partial charge in [-0.2, -0.15) is 13.2 Å². The van der Waals surface area contributed by atoms with Crippen LogP contribution in [0.15, 0.2) is 48.5 Å². The van der Waals surface area contributed by atoms with Gasteiger partial charge in [-0.25, -0.2) is 0 Å². The molecule has 1 N–H and O–H groups in total. The number of likely N-dealkylation sites (tertiary alicyclic amines) is 1. The number of carbonyl (C=O) groups is 2. The second-order valence-electron chi connectivity index (χ2n) is 7.21. The second-order valence-corrected chi connectivity index (χ2v) is 7.21. The summed E-state index contributed by atoms with van der Waals surface area (Å²) in [5.74, 6) is -1.14. The molecular formula is C22H23F3N2O3. The first-order valence-corrected chi connectivity index (χ1v) is 9.74. The quantitative estimate of drug-likeness (QED) is 0.719. The minimum Gasteiger partial charge on any atom is -0.491 e. The highest BCUT2D eigenvalue weighted by Crippen LogP contribution is 2.35. The monoisotopic (exact) mass is 420 g/mol. The summed E-state index contributed by atoms with van der Waals surface area (Å²) in [6.07, 6.45) is -3.86. The molecule has 1 fully saturated rings. The molecular weight excluding hydrogens is 397 g/mol. The molecule has 1 aliphatic rings. The third-order valence-corrected chi connectivity index (χ3v) is 4.83. The minimum atomic E-state index is -4.54. The number of hydrogen-bond donors (Lipinski definition) is 1. The van der Waals surface area contributed by atoms with Gasteiger partial charge in [0.05, 0.1) is 23.8 Å². The molecule has 0 aromatic heterocycles. The largest absolute Gasteiger partial charge is 0.491 e. The number of benzene rings is 2. The summed E-state index contributed by atoms with van der Waals surface area (Å²) in [5.41, 5.74) is 0.0205. The van der Waals surface area contributed by atoms with Crippen LogP contribution in [-0.4, -0.2) is 29.9 Å². The van der Waals surface area contributed by atoms with Crippen LogP contribution in [0.3, 0.4) is 0 Å². The average molecular weight is 420 g/mol. The fraction of sp³-hybridized carbons (Fsp3) is 0.364. The van der Waals surface area contributed by atoms with E-state index in [4.69, 9.17) is 4.74 Å². The fourth-order valence-corrected chi connectivity index (χ4v) is 3.28. The van der Waals surface area contributed by atoms with Gasteiger partial charge in [0.2, 0.25) is 11.8 Å². The Morgan fingerprint density at radius 1 is 1.20 bits per heavy atom. The number of anilines is 1. The van der Waals surface area contributed by atoms with E-state index in [1.807, 2.05) is 37.3 Å². The molecule has 2 aromatic carbocycles. The lowest BCUT2D eigenvalue weighted by Gasteiger charge is -2.18. The van der Waals surface area contributed by atoms with E-state index in [-0.39, 0.29) is 30.3 Å². The molecule has 30 heavy (non-hydrogen) atoms. The highest BCUT2D eigenvalue weighted by Gasteiger charge is 2.35.